The van der Waals surface area contributed by atoms with Gasteiger partial charge in [0.25, 0.3) is 0 Å². The van der Waals surface area contributed by atoms with Crippen molar-refractivity contribution in [3.05, 3.63) is 28.2 Å². The molecule has 0 bridgehead atoms. The third-order valence-electron chi connectivity index (χ3n) is 3.06. The molecule has 2 atom stereocenters. The van der Waals surface area contributed by atoms with Crippen LogP contribution in [0.4, 0.5) is 0 Å². The van der Waals surface area contributed by atoms with Crippen LogP contribution in [0.15, 0.2) is 27.6 Å². The van der Waals surface area contributed by atoms with Crippen LogP contribution in [-0.4, -0.2) is 23.9 Å². The third kappa shape index (κ3) is 2.84. The summed E-state index contributed by atoms with van der Waals surface area (Å²) in [4.78, 5) is 12.1. The molecule has 0 aromatic heterocycles. The van der Waals surface area contributed by atoms with Crippen LogP contribution < -0.4 is 5.32 Å². The lowest BCUT2D eigenvalue weighted by Crippen LogP contribution is -2.17. The fourth-order valence-corrected chi connectivity index (χ4v) is 3.42. The summed E-state index contributed by atoms with van der Waals surface area (Å²) in [6, 6.07) is 6.37. The number of carboxylic acid groups (broad SMARTS) is 1. The molecule has 1 fully saturated rings. The molecule has 3 nitrogen and oxygen atoms in total. The van der Waals surface area contributed by atoms with Gasteiger partial charge in [-0.1, -0.05) is 6.07 Å². The van der Waals surface area contributed by atoms with Crippen LogP contribution in [0, 0.1) is 5.92 Å². The normalized spacial score (nSPS) is 23.9. The number of aliphatic carboxylic acids is 1. The zero-order chi connectivity index (χ0) is 12.4. The highest BCUT2D eigenvalue weighted by atomic mass is 79.9. The van der Waals surface area contributed by atoms with Crippen LogP contribution in [0.3, 0.4) is 0 Å². The van der Waals surface area contributed by atoms with E-state index in [-0.39, 0.29) is 12.0 Å². The van der Waals surface area contributed by atoms with E-state index in [9.17, 15) is 4.79 Å². The number of halogens is 1. The van der Waals surface area contributed by atoms with Gasteiger partial charge in [0.2, 0.25) is 0 Å². The molecule has 92 valence electrons. The molecule has 0 radical (unpaired) electrons. The second-order valence-electron chi connectivity index (χ2n) is 4.13. The van der Waals surface area contributed by atoms with Crippen molar-refractivity contribution in [2.75, 3.05) is 12.8 Å². The average molecular weight is 316 g/mol. The highest BCUT2D eigenvalue weighted by Crippen LogP contribution is 2.32. The molecule has 17 heavy (non-hydrogen) atoms. The van der Waals surface area contributed by atoms with Crippen LogP contribution >= 0.6 is 27.7 Å². The van der Waals surface area contributed by atoms with E-state index in [0.717, 1.165) is 10.0 Å². The van der Waals surface area contributed by atoms with E-state index in [1.807, 2.05) is 6.26 Å². The van der Waals surface area contributed by atoms with Gasteiger partial charge in [-0.25, -0.2) is 0 Å². The first-order valence-electron chi connectivity index (χ1n) is 5.41. The first-order valence-corrected chi connectivity index (χ1v) is 7.43. The van der Waals surface area contributed by atoms with Crippen molar-refractivity contribution < 1.29 is 9.90 Å². The molecule has 0 spiro atoms. The van der Waals surface area contributed by atoms with Gasteiger partial charge in [0, 0.05) is 22.0 Å². The minimum atomic E-state index is -0.709. The quantitative estimate of drug-likeness (QED) is 0.842. The highest BCUT2D eigenvalue weighted by Gasteiger charge is 2.30. The maximum atomic E-state index is 10.9. The molecule has 0 saturated carbocycles. The standard InChI is InChI=1S/C12H14BrNO2S/c1-17-11-3-2-7(4-9(11)13)10-5-8(6-14-10)12(15)16/h2-4,8,10,14H,5-6H2,1H3,(H,15,16). The van der Waals surface area contributed by atoms with E-state index in [1.54, 1.807) is 11.8 Å². The number of thioether (sulfide) groups is 1. The maximum absolute atomic E-state index is 10.9. The Morgan fingerprint density at radius 1 is 1.59 bits per heavy atom. The van der Waals surface area contributed by atoms with Gasteiger partial charge >= 0.3 is 5.97 Å². The number of nitrogens with one attached hydrogen (secondary N) is 1. The molecule has 2 unspecified atom stereocenters. The number of rotatable bonds is 3. The lowest BCUT2D eigenvalue weighted by Gasteiger charge is -2.12. The molecule has 2 rings (SSSR count). The first-order chi connectivity index (χ1) is 8.11. The summed E-state index contributed by atoms with van der Waals surface area (Å²) >= 11 is 5.22. The van der Waals surface area contributed by atoms with Gasteiger partial charge < -0.3 is 10.4 Å². The van der Waals surface area contributed by atoms with E-state index in [1.165, 1.54) is 4.90 Å². The van der Waals surface area contributed by atoms with Crippen LogP contribution in [0.1, 0.15) is 18.0 Å². The Balaban J connectivity index is 2.14. The average Bonchev–Trinajstić information content (AvgIpc) is 2.78. The zero-order valence-electron chi connectivity index (χ0n) is 9.44. The first kappa shape index (κ1) is 12.9. The predicted octanol–water partition coefficient (Wildman–Crippen LogP) is 2.91. The number of hydrogen-bond acceptors (Lipinski definition) is 3. The van der Waals surface area contributed by atoms with Crippen molar-refractivity contribution in [3.8, 4) is 0 Å². The minimum Gasteiger partial charge on any atom is -0.481 e. The molecule has 1 heterocycles. The second-order valence-corrected chi connectivity index (χ2v) is 5.83. The summed E-state index contributed by atoms with van der Waals surface area (Å²) in [5.41, 5.74) is 1.15. The fourth-order valence-electron chi connectivity index (χ4n) is 2.08. The van der Waals surface area contributed by atoms with Crippen LogP contribution in [0.25, 0.3) is 0 Å². The maximum Gasteiger partial charge on any atom is 0.307 e. The van der Waals surface area contributed by atoms with Gasteiger partial charge in [-0.05, 0) is 46.3 Å². The summed E-state index contributed by atoms with van der Waals surface area (Å²) < 4.78 is 1.07. The molecule has 1 saturated heterocycles. The number of carboxylic acids is 1. The van der Waals surface area contributed by atoms with Crippen LogP contribution in [-0.2, 0) is 4.79 Å². The SMILES string of the molecule is CSc1ccc(C2CC(C(=O)O)CN2)cc1Br. The van der Waals surface area contributed by atoms with E-state index in [2.05, 4.69) is 39.4 Å². The predicted molar refractivity (Wildman–Crippen MR) is 72.4 cm³/mol. The fraction of sp³-hybridized carbons (Fsp3) is 0.417. The van der Waals surface area contributed by atoms with Gasteiger partial charge in [-0.2, -0.15) is 0 Å². The third-order valence-corrected chi connectivity index (χ3v) is 4.77. The van der Waals surface area contributed by atoms with E-state index >= 15 is 0 Å². The van der Waals surface area contributed by atoms with Gasteiger partial charge in [0.15, 0.2) is 0 Å². The second kappa shape index (κ2) is 5.42. The Labute approximate surface area is 113 Å². The summed E-state index contributed by atoms with van der Waals surface area (Å²) in [6.07, 6.45) is 2.70. The molecule has 1 aliphatic heterocycles. The largest absolute Gasteiger partial charge is 0.481 e. The topological polar surface area (TPSA) is 49.3 Å². The van der Waals surface area contributed by atoms with Crippen molar-refractivity contribution in [2.45, 2.75) is 17.4 Å². The summed E-state index contributed by atoms with van der Waals surface area (Å²) in [5.74, 6) is -0.973. The molecule has 0 aliphatic carbocycles. The monoisotopic (exact) mass is 315 g/mol. The lowest BCUT2D eigenvalue weighted by atomic mass is 10.0. The van der Waals surface area contributed by atoms with Crippen molar-refractivity contribution >= 4 is 33.7 Å². The smallest absolute Gasteiger partial charge is 0.307 e. The Bertz CT molecular complexity index is 439. The summed E-state index contributed by atoms with van der Waals surface area (Å²) in [7, 11) is 0. The van der Waals surface area contributed by atoms with Crippen LogP contribution in [0.2, 0.25) is 0 Å². The van der Waals surface area contributed by atoms with Crippen LogP contribution in [0.5, 0.6) is 0 Å². The van der Waals surface area contributed by atoms with Gasteiger partial charge in [0.05, 0.1) is 5.92 Å². The Hall–Kier alpha value is -0.520. The molecule has 1 aromatic carbocycles. The van der Waals surface area contributed by atoms with Gasteiger partial charge in [0.1, 0.15) is 0 Å². The number of hydrogen-bond donors (Lipinski definition) is 2. The van der Waals surface area contributed by atoms with Gasteiger partial charge in [-0.15, -0.1) is 11.8 Å². The minimum absolute atomic E-state index is 0.156. The van der Waals surface area contributed by atoms with Crippen molar-refractivity contribution in [1.29, 1.82) is 0 Å². The molecular weight excluding hydrogens is 302 g/mol. The van der Waals surface area contributed by atoms with E-state index < -0.39 is 5.97 Å². The number of benzene rings is 1. The lowest BCUT2D eigenvalue weighted by molar-refractivity contribution is -0.141. The molecule has 0 amide bonds. The van der Waals surface area contributed by atoms with E-state index in [4.69, 9.17) is 5.11 Å². The molecule has 5 heteroatoms. The zero-order valence-corrected chi connectivity index (χ0v) is 11.8. The summed E-state index contributed by atoms with van der Waals surface area (Å²) in [6.45, 7) is 0.557. The highest BCUT2D eigenvalue weighted by molar-refractivity contribution is 9.10. The van der Waals surface area contributed by atoms with Gasteiger partial charge in [-0.3, -0.25) is 4.79 Å². The Kier molecular flexibility index (Phi) is 4.12. The molecule has 1 aromatic rings. The van der Waals surface area contributed by atoms with Crippen molar-refractivity contribution in [1.82, 2.24) is 5.32 Å². The van der Waals surface area contributed by atoms with E-state index in [0.29, 0.717) is 13.0 Å². The number of carbonyl (C=O) groups is 1. The summed E-state index contributed by atoms with van der Waals surface area (Å²) in [5, 5.41) is 12.2. The molecular formula is C12H14BrNO2S. The van der Waals surface area contributed by atoms with Crippen molar-refractivity contribution in [2.24, 2.45) is 5.92 Å². The Morgan fingerprint density at radius 2 is 2.35 bits per heavy atom. The molecule has 2 N–H and O–H groups in total. The van der Waals surface area contributed by atoms with Crippen molar-refractivity contribution in [3.63, 3.8) is 0 Å². The molecule has 1 aliphatic rings. The Morgan fingerprint density at radius 3 is 2.88 bits per heavy atom.